The van der Waals surface area contributed by atoms with Crippen LogP contribution in [0.1, 0.15) is 29.0 Å². The van der Waals surface area contributed by atoms with Gasteiger partial charge in [0, 0.05) is 17.5 Å². The molecule has 3 nitrogen and oxygen atoms in total. The summed E-state index contributed by atoms with van der Waals surface area (Å²) < 4.78 is 0. The fourth-order valence-electron chi connectivity index (χ4n) is 3.39. The van der Waals surface area contributed by atoms with Crippen LogP contribution in [0.15, 0.2) is 24.3 Å². The van der Waals surface area contributed by atoms with Crippen LogP contribution in [0.25, 0.3) is 0 Å². The summed E-state index contributed by atoms with van der Waals surface area (Å²) in [5.41, 5.74) is 4.69. The van der Waals surface area contributed by atoms with Gasteiger partial charge < -0.3 is 10.4 Å². The lowest BCUT2D eigenvalue weighted by Gasteiger charge is -2.36. The molecule has 1 aromatic rings. The Balaban J connectivity index is 2.14. The molecule has 0 fully saturated rings. The molecular formula is C15H17NO2. The normalized spacial score (nSPS) is 28.4. The molecule has 18 heavy (non-hydrogen) atoms. The standard InChI is InChI=1S/C15H17NO2/c1-8-6-9(2)13-10-4-3-5-11(10)14(15(17)18)16-12(13)7-8/h3-4,6-7,10-11,14,16H,5H2,1-2H3,(H,17,18)/t10-,11-,14+/m0/s1. The largest absolute Gasteiger partial charge is 0.480 e. The summed E-state index contributed by atoms with van der Waals surface area (Å²) in [4.78, 5) is 11.4. The van der Waals surface area contributed by atoms with E-state index in [9.17, 15) is 9.90 Å². The fourth-order valence-corrected chi connectivity index (χ4v) is 3.39. The van der Waals surface area contributed by atoms with Gasteiger partial charge in [-0.1, -0.05) is 18.2 Å². The van der Waals surface area contributed by atoms with Crippen molar-refractivity contribution in [3.8, 4) is 0 Å². The van der Waals surface area contributed by atoms with Crippen molar-refractivity contribution in [2.45, 2.75) is 32.2 Å². The van der Waals surface area contributed by atoms with E-state index in [-0.39, 0.29) is 11.8 Å². The molecule has 0 unspecified atom stereocenters. The second kappa shape index (κ2) is 3.87. The number of carboxylic acids is 1. The summed E-state index contributed by atoms with van der Waals surface area (Å²) >= 11 is 0. The van der Waals surface area contributed by atoms with Crippen LogP contribution in [0, 0.1) is 19.8 Å². The molecule has 0 radical (unpaired) electrons. The number of hydrogen-bond acceptors (Lipinski definition) is 2. The van der Waals surface area contributed by atoms with Gasteiger partial charge in [0.25, 0.3) is 0 Å². The zero-order valence-corrected chi connectivity index (χ0v) is 10.6. The van der Waals surface area contributed by atoms with Crippen LogP contribution in [-0.2, 0) is 4.79 Å². The Hall–Kier alpha value is -1.77. The Morgan fingerprint density at radius 3 is 2.89 bits per heavy atom. The molecular weight excluding hydrogens is 226 g/mol. The first-order valence-corrected chi connectivity index (χ1v) is 6.35. The predicted molar refractivity (Wildman–Crippen MR) is 71.0 cm³/mol. The third-order valence-corrected chi connectivity index (χ3v) is 4.08. The maximum Gasteiger partial charge on any atom is 0.326 e. The van der Waals surface area contributed by atoms with Crippen LogP contribution in [0.5, 0.6) is 0 Å². The van der Waals surface area contributed by atoms with E-state index in [1.165, 1.54) is 16.7 Å². The van der Waals surface area contributed by atoms with Gasteiger partial charge in [-0.25, -0.2) is 4.79 Å². The summed E-state index contributed by atoms with van der Waals surface area (Å²) in [6, 6.07) is 3.75. The van der Waals surface area contributed by atoms with Crippen molar-refractivity contribution in [2.24, 2.45) is 5.92 Å². The van der Waals surface area contributed by atoms with Crippen LogP contribution < -0.4 is 5.32 Å². The molecule has 3 rings (SSSR count). The van der Waals surface area contributed by atoms with Crippen molar-refractivity contribution in [1.82, 2.24) is 0 Å². The van der Waals surface area contributed by atoms with Gasteiger partial charge in [0.2, 0.25) is 0 Å². The van der Waals surface area contributed by atoms with E-state index in [2.05, 4.69) is 36.5 Å². The van der Waals surface area contributed by atoms with E-state index in [0.29, 0.717) is 0 Å². The van der Waals surface area contributed by atoms with Crippen molar-refractivity contribution < 1.29 is 9.90 Å². The summed E-state index contributed by atoms with van der Waals surface area (Å²) in [5.74, 6) is -0.349. The minimum atomic E-state index is -0.751. The van der Waals surface area contributed by atoms with Gasteiger partial charge in [-0.05, 0) is 43.0 Å². The molecule has 0 amide bonds. The number of fused-ring (bicyclic) bond motifs is 3. The van der Waals surface area contributed by atoms with Crippen LogP contribution in [0.2, 0.25) is 0 Å². The minimum Gasteiger partial charge on any atom is -0.480 e. The molecule has 0 saturated heterocycles. The lowest BCUT2D eigenvalue weighted by molar-refractivity contribution is -0.139. The lowest BCUT2D eigenvalue weighted by atomic mass is 9.77. The van der Waals surface area contributed by atoms with E-state index < -0.39 is 12.0 Å². The second-order valence-electron chi connectivity index (χ2n) is 5.36. The third kappa shape index (κ3) is 1.54. The first-order chi connectivity index (χ1) is 8.58. The van der Waals surface area contributed by atoms with E-state index >= 15 is 0 Å². The SMILES string of the molecule is Cc1cc(C)c2c(c1)N[C@@H](C(=O)O)[C@H]1CC=C[C@H]21. The van der Waals surface area contributed by atoms with Crippen molar-refractivity contribution in [3.63, 3.8) is 0 Å². The smallest absolute Gasteiger partial charge is 0.326 e. The molecule has 3 heteroatoms. The minimum absolute atomic E-state index is 0.149. The molecule has 2 N–H and O–H groups in total. The summed E-state index contributed by atoms with van der Waals surface area (Å²) in [6.07, 6.45) is 5.13. The van der Waals surface area contributed by atoms with Crippen molar-refractivity contribution in [3.05, 3.63) is 41.0 Å². The molecule has 2 aliphatic rings. The highest BCUT2D eigenvalue weighted by Crippen LogP contribution is 2.46. The molecule has 1 heterocycles. The highest BCUT2D eigenvalue weighted by molar-refractivity contribution is 5.81. The van der Waals surface area contributed by atoms with Crippen molar-refractivity contribution in [1.29, 1.82) is 0 Å². The van der Waals surface area contributed by atoms with Gasteiger partial charge in [0.05, 0.1) is 0 Å². The number of aliphatic carboxylic acids is 1. The molecule has 1 aromatic carbocycles. The predicted octanol–water partition coefficient (Wildman–Crippen LogP) is 2.84. The highest BCUT2D eigenvalue weighted by atomic mass is 16.4. The molecule has 0 saturated carbocycles. The zero-order chi connectivity index (χ0) is 12.9. The lowest BCUT2D eigenvalue weighted by Crippen LogP contribution is -2.42. The maximum absolute atomic E-state index is 11.4. The topological polar surface area (TPSA) is 49.3 Å². The Morgan fingerprint density at radius 2 is 2.17 bits per heavy atom. The zero-order valence-electron chi connectivity index (χ0n) is 10.6. The van der Waals surface area contributed by atoms with Crippen molar-refractivity contribution in [2.75, 3.05) is 5.32 Å². The molecule has 94 valence electrons. The summed E-state index contributed by atoms with van der Waals surface area (Å²) in [7, 11) is 0. The Morgan fingerprint density at radius 1 is 1.39 bits per heavy atom. The number of allylic oxidation sites excluding steroid dienone is 2. The van der Waals surface area contributed by atoms with Crippen LogP contribution in [0.3, 0.4) is 0 Å². The maximum atomic E-state index is 11.4. The van der Waals surface area contributed by atoms with Gasteiger partial charge in [-0.3, -0.25) is 0 Å². The van der Waals surface area contributed by atoms with Gasteiger partial charge in [0.15, 0.2) is 0 Å². The van der Waals surface area contributed by atoms with Crippen LogP contribution in [0.4, 0.5) is 5.69 Å². The number of anilines is 1. The Labute approximate surface area is 107 Å². The number of hydrogen-bond donors (Lipinski definition) is 2. The Kier molecular flexibility index (Phi) is 2.44. The molecule has 1 aliphatic carbocycles. The second-order valence-corrected chi connectivity index (χ2v) is 5.36. The molecule has 3 atom stereocenters. The number of carboxylic acid groups (broad SMARTS) is 1. The summed E-state index contributed by atoms with van der Waals surface area (Å²) in [6.45, 7) is 4.15. The average Bonchev–Trinajstić information content (AvgIpc) is 2.75. The third-order valence-electron chi connectivity index (χ3n) is 4.08. The van der Waals surface area contributed by atoms with E-state index in [1.807, 2.05) is 6.92 Å². The number of nitrogens with one attached hydrogen (secondary N) is 1. The van der Waals surface area contributed by atoms with Gasteiger partial charge in [-0.2, -0.15) is 0 Å². The van der Waals surface area contributed by atoms with Gasteiger partial charge in [-0.15, -0.1) is 0 Å². The van der Waals surface area contributed by atoms with Gasteiger partial charge >= 0.3 is 5.97 Å². The molecule has 0 aromatic heterocycles. The molecule has 1 aliphatic heterocycles. The summed E-state index contributed by atoms with van der Waals surface area (Å²) in [5, 5.41) is 12.6. The van der Waals surface area contributed by atoms with Gasteiger partial charge in [0.1, 0.15) is 6.04 Å². The van der Waals surface area contributed by atoms with E-state index in [1.54, 1.807) is 0 Å². The number of aryl methyl sites for hydroxylation is 2. The van der Waals surface area contributed by atoms with Crippen LogP contribution in [-0.4, -0.2) is 17.1 Å². The monoisotopic (exact) mass is 243 g/mol. The van der Waals surface area contributed by atoms with Crippen LogP contribution >= 0.6 is 0 Å². The van der Waals surface area contributed by atoms with Crippen molar-refractivity contribution >= 4 is 11.7 Å². The number of carbonyl (C=O) groups is 1. The number of benzene rings is 1. The Bertz CT molecular complexity index is 548. The average molecular weight is 243 g/mol. The first kappa shape index (κ1) is 11.3. The van der Waals surface area contributed by atoms with E-state index in [4.69, 9.17) is 0 Å². The highest BCUT2D eigenvalue weighted by Gasteiger charge is 2.41. The molecule has 0 spiro atoms. The number of rotatable bonds is 1. The molecule has 0 bridgehead atoms. The quantitative estimate of drug-likeness (QED) is 0.746. The van der Waals surface area contributed by atoms with E-state index in [0.717, 1.165) is 12.1 Å². The first-order valence-electron chi connectivity index (χ1n) is 6.35. The fraction of sp³-hybridized carbons (Fsp3) is 0.400.